The van der Waals surface area contributed by atoms with Crippen molar-refractivity contribution in [2.45, 2.75) is 13.8 Å². The highest BCUT2D eigenvalue weighted by Crippen LogP contribution is 1.99. The summed E-state index contributed by atoms with van der Waals surface area (Å²) in [5, 5.41) is 0. The molecule has 1 heterocycles. The fraction of sp³-hybridized carbons (Fsp3) is 0.500. The summed E-state index contributed by atoms with van der Waals surface area (Å²) in [7, 11) is 4.03. The van der Waals surface area contributed by atoms with Crippen LogP contribution >= 0.6 is 0 Å². The monoisotopic (exact) mass is 237 g/mol. The van der Waals surface area contributed by atoms with Crippen LogP contribution in [0.1, 0.15) is 13.8 Å². The summed E-state index contributed by atoms with van der Waals surface area (Å²) in [5.74, 6) is 0.669. The van der Waals surface area contributed by atoms with Gasteiger partial charge in [0.05, 0.1) is 6.54 Å². The molecule has 96 valence electrons. The van der Waals surface area contributed by atoms with Crippen molar-refractivity contribution in [1.29, 1.82) is 0 Å². The van der Waals surface area contributed by atoms with Gasteiger partial charge in [0.2, 0.25) is 0 Å². The summed E-state index contributed by atoms with van der Waals surface area (Å²) in [6.07, 6.45) is 5.15. The molecule has 0 saturated carbocycles. The van der Waals surface area contributed by atoms with Crippen molar-refractivity contribution in [2.24, 2.45) is 9.98 Å². The van der Waals surface area contributed by atoms with E-state index >= 15 is 0 Å². The van der Waals surface area contributed by atoms with E-state index in [-0.39, 0.29) is 0 Å². The number of nitrogens with one attached hydrogen (secondary N) is 2. The SMILES string of the molecule is C=C1/C=C\NNC=NC1=NCCN(C)C.CC. The molecule has 1 rings (SSSR count). The molecule has 5 heteroatoms. The van der Waals surface area contributed by atoms with Crippen LogP contribution < -0.4 is 10.9 Å². The summed E-state index contributed by atoms with van der Waals surface area (Å²) < 4.78 is 0. The van der Waals surface area contributed by atoms with Gasteiger partial charge in [0, 0.05) is 18.3 Å². The lowest BCUT2D eigenvalue weighted by Gasteiger charge is -2.08. The molecule has 0 atom stereocenters. The molecule has 0 amide bonds. The Bertz CT molecular complexity index is 302. The number of hydrogen-bond acceptors (Lipinski definition) is 4. The minimum absolute atomic E-state index is 0.669. The Labute approximate surface area is 104 Å². The second kappa shape index (κ2) is 9.59. The van der Waals surface area contributed by atoms with Crippen molar-refractivity contribution in [3.63, 3.8) is 0 Å². The van der Waals surface area contributed by atoms with E-state index in [0.717, 1.165) is 18.7 Å². The van der Waals surface area contributed by atoms with Crippen LogP contribution in [0.4, 0.5) is 0 Å². The summed E-state index contributed by atoms with van der Waals surface area (Å²) in [6.45, 7) is 9.51. The number of nitrogens with zero attached hydrogens (tertiary/aromatic N) is 3. The predicted octanol–water partition coefficient (Wildman–Crippen LogP) is 1.18. The quantitative estimate of drug-likeness (QED) is 0.775. The normalized spacial score (nSPS) is 18.6. The van der Waals surface area contributed by atoms with Crippen LogP contribution in [0.2, 0.25) is 0 Å². The molecular formula is C12H23N5. The number of hydrogen-bond donors (Lipinski definition) is 2. The molecule has 2 N–H and O–H groups in total. The molecule has 0 aliphatic carbocycles. The highest BCUT2D eigenvalue weighted by atomic mass is 15.3. The first kappa shape index (κ1) is 15.4. The van der Waals surface area contributed by atoms with Gasteiger partial charge >= 0.3 is 0 Å². The van der Waals surface area contributed by atoms with Gasteiger partial charge in [0.25, 0.3) is 0 Å². The molecule has 0 saturated heterocycles. The average Bonchev–Trinajstić information content (AvgIpc) is 2.30. The fourth-order valence-electron chi connectivity index (χ4n) is 0.977. The lowest BCUT2D eigenvalue weighted by molar-refractivity contribution is 0.420. The van der Waals surface area contributed by atoms with E-state index < -0.39 is 0 Å². The standard InChI is InChI=1S/C10H17N5.C2H6/c1-9-4-5-13-14-8-12-10(9)11-6-7-15(2)3;1-2/h4-5,8,13H,1,6-7H2,2-3H3,(H,11,12,14);1-2H3/b5-4-;. The van der Waals surface area contributed by atoms with E-state index in [1.807, 2.05) is 34.0 Å². The van der Waals surface area contributed by atoms with Gasteiger partial charge in [-0.15, -0.1) is 0 Å². The van der Waals surface area contributed by atoms with Crippen molar-refractivity contribution < 1.29 is 0 Å². The van der Waals surface area contributed by atoms with Crippen LogP contribution in [0.3, 0.4) is 0 Å². The smallest absolute Gasteiger partial charge is 0.155 e. The number of rotatable bonds is 3. The molecule has 0 radical (unpaired) electrons. The third-order valence-corrected chi connectivity index (χ3v) is 1.80. The van der Waals surface area contributed by atoms with Gasteiger partial charge in [-0.1, -0.05) is 20.4 Å². The van der Waals surface area contributed by atoms with Crippen LogP contribution in [-0.4, -0.2) is 44.3 Å². The number of amidine groups is 1. The van der Waals surface area contributed by atoms with Crippen molar-refractivity contribution in [3.8, 4) is 0 Å². The summed E-state index contributed by atoms with van der Waals surface area (Å²) in [6, 6.07) is 0. The Balaban J connectivity index is 0.00000121. The molecule has 1 aliphatic heterocycles. The Hall–Kier alpha value is -1.62. The minimum atomic E-state index is 0.669. The minimum Gasteiger partial charge on any atom is -0.308 e. The number of likely N-dealkylation sites (N-methyl/N-ethyl adjacent to an activating group) is 1. The average molecular weight is 237 g/mol. The van der Waals surface area contributed by atoms with Crippen LogP contribution in [0.15, 0.2) is 34.4 Å². The number of aliphatic imine (C=N–C) groups is 2. The third kappa shape index (κ3) is 7.30. The van der Waals surface area contributed by atoms with Gasteiger partial charge in [-0.25, -0.2) is 4.99 Å². The summed E-state index contributed by atoms with van der Waals surface area (Å²) in [5.41, 5.74) is 6.39. The Morgan fingerprint density at radius 1 is 1.35 bits per heavy atom. The molecule has 0 bridgehead atoms. The Morgan fingerprint density at radius 3 is 2.71 bits per heavy atom. The highest BCUT2D eigenvalue weighted by Gasteiger charge is 2.00. The molecule has 0 aromatic carbocycles. The molecule has 0 fully saturated rings. The largest absolute Gasteiger partial charge is 0.308 e. The molecule has 0 spiro atoms. The third-order valence-electron chi connectivity index (χ3n) is 1.80. The van der Waals surface area contributed by atoms with Crippen LogP contribution in [-0.2, 0) is 0 Å². The van der Waals surface area contributed by atoms with E-state index in [1.54, 1.807) is 12.5 Å². The van der Waals surface area contributed by atoms with Crippen molar-refractivity contribution in [1.82, 2.24) is 15.8 Å². The maximum absolute atomic E-state index is 4.36. The van der Waals surface area contributed by atoms with E-state index in [9.17, 15) is 0 Å². The van der Waals surface area contributed by atoms with Crippen LogP contribution in [0.5, 0.6) is 0 Å². The Morgan fingerprint density at radius 2 is 2.06 bits per heavy atom. The molecule has 0 aromatic heterocycles. The lowest BCUT2D eigenvalue weighted by Crippen LogP contribution is -2.27. The van der Waals surface area contributed by atoms with Gasteiger partial charge in [-0.05, 0) is 20.2 Å². The first-order valence-corrected chi connectivity index (χ1v) is 5.79. The van der Waals surface area contributed by atoms with Gasteiger partial charge in [0.15, 0.2) is 5.84 Å². The van der Waals surface area contributed by atoms with E-state index in [0.29, 0.717) is 5.84 Å². The fourth-order valence-corrected chi connectivity index (χ4v) is 0.977. The van der Waals surface area contributed by atoms with Gasteiger partial charge in [-0.3, -0.25) is 10.4 Å². The number of hydrazine groups is 1. The van der Waals surface area contributed by atoms with Crippen molar-refractivity contribution >= 4 is 12.2 Å². The van der Waals surface area contributed by atoms with Gasteiger partial charge < -0.3 is 10.3 Å². The molecule has 5 nitrogen and oxygen atoms in total. The zero-order chi connectivity index (χ0) is 13.1. The summed E-state index contributed by atoms with van der Waals surface area (Å²) in [4.78, 5) is 10.6. The predicted molar refractivity (Wildman–Crippen MR) is 75.2 cm³/mol. The maximum Gasteiger partial charge on any atom is 0.155 e. The summed E-state index contributed by atoms with van der Waals surface area (Å²) >= 11 is 0. The lowest BCUT2D eigenvalue weighted by atomic mass is 10.2. The van der Waals surface area contributed by atoms with E-state index in [1.165, 1.54) is 0 Å². The van der Waals surface area contributed by atoms with Crippen LogP contribution in [0.25, 0.3) is 0 Å². The zero-order valence-electron chi connectivity index (χ0n) is 11.2. The van der Waals surface area contributed by atoms with Crippen molar-refractivity contribution in [3.05, 3.63) is 24.4 Å². The highest BCUT2D eigenvalue weighted by molar-refractivity contribution is 6.04. The zero-order valence-corrected chi connectivity index (χ0v) is 11.2. The first-order valence-electron chi connectivity index (χ1n) is 5.79. The van der Waals surface area contributed by atoms with E-state index in [2.05, 4.69) is 32.3 Å². The molecular weight excluding hydrogens is 214 g/mol. The van der Waals surface area contributed by atoms with Crippen molar-refractivity contribution in [2.75, 3.05) is 27.2 Å². The molecule has 0 aromatic rings. The van der Waals surface area contributed by atoms with Crippen LogP contribution in [0, 0.1) is 0 Å². The van der Waals surface area contributed by atoms with Gasteiger partial charge in [-0.2, -0.15) is 0 Å². The first-order chi connectivity index (χ1) is 8.20. The second-order valence-electron chi connectivity index (χ2n) is 3.41. The topological polar surface area (TPSA) is 52.0 Å². The van der Waals surface area contributed by atoms with E-state index in [4.69, 9.17) is 0 Å². The Kier molecular flexibility index (Phi) is 8.68. The molecule has 17 heavy (non-hydrogen) atoms. The molecule has 0 unspecified atom stereocenters. The maximum atomic E-state index is 4.36. The molecule has 1 aliphatic rings. The second-order valence-corrected chi connectivity index (χ2v) is 3.41. The van der Waals surface area contributed by atoms with Gasteiger partial charge in [0.1, 0.15) is 6.34 Å².